The molecular weight excluding hydrogens is 429 g/mol. The summed E-state index contributed by atoms with van der Waals surface area (Å²) >= 11 is 0. The van der Waals surface area contributed by atoms with E-state index in [1.54, 1.807) is 24.3 Å². The molecule has 0 aliphatic carbocycles. The number of hydrogen-bond acceptors (Lipinski definition) is 4. The van der Waals surface area contributed by atoms with Crippen LogP contribution in [0.3, 0.4) is 0 Å². The van der Waals surface area contributed by atoms with Crippen LogP contribution in [-0.4, -0.2) is 45.4 Å². The van der Waals surface area contributed by atoms with Gasteiger partial charge in [-0.25, -0.2) is 12.8 Å². The smallest absolute Gasteiger partial charge is 0.261 e. The van der Waals surface area contributed by atoms with E-state index in [0.717, 1.165) is 30.9 Å². The lowest BCUT2D eigenvalue weighted by atomic mass is 10.1. The highest BCUT2D eigenvalue weighted by Gasteiger charge is 2.22. The molecule has 6 nitrogen and oxygen atoms in total. The molecule has 0 atom stereocenters. The second kappa shape index (κ2) is 9.00. The number of aryl methyl sites for hydroxylation is 1. The Hall–Kier alpha value is -3.39. The highest BCUT2D eigenvalue weighted by atomic mass is 32.2. The molecule has 1 saturated heterocycles. The molecule has 0 unspecified atom stereocenters. The fourth-order valence-corrected chi connectivity index (χ4v) is 4.74. The number of rotatable bonds is 5. The van der Waals surface area contributed by atoms with Gasteiger partial charge in [0.25, 0.3) is 15.9 Å². The Labute approximate surface area is 187 Å². The van der Waals surface area contributed by atoms with E-state index in [4.69, 9.17) is 0 Å². The van der Waals surface area contributed by atoms with Gasteiger partial charge in [-0.1, -0.05) is 12.1 Å². The third-order valence-electron chi connectivity index (χ3n) is 5.44. The number of hydrogen-bond donors (Lipinski definition) is 1. The minimum Gasteiger partial charge on any atom is -0.368 e. The van der Waals surface area contributed by atoms with Crippen molar-refractivity contribution in [2.24, 2.45) is 0 Å². The van der Waals surface area contributed by atoms with Crippen molar-refractivity contribution in [3.05, 3.63) is 89.7 Å². The number of nitrogens with one attached hydrogen (secondary N) is 1. The van der Waals surface area contributed by atoms with Crippen LogP contribution in [0.4, 0.5) is 15.8 Å². The van der Waals surface area contributed by atoms with Gasteiger partial charge in [0, 0.05) is 43.1 Å². The molecule has 1 aliphatic rings. The zero-order valence-corrected chi connectivity index (χ0v) is 18.5. The second-order valence-corrected chi connectivity index (χ2v) is 9.44. The number of nitrogens with zero attached hydrogens (tertiary/aromatic N) is 2. The molecule has 4 rings (SSSR count). The van der Waals surface area contributed by atoms with Crippen LogP contribution >= 0.6 is 0 Å². The lowest BCUT2D eigenvalue weighted by Gasteiger charge is -2.36. The molecule has 0 saturated carbocycles. The Bertz CT molecular complexity index is 1200. The van der Waals surface area contributed by atoms with Gasteiger partial charge in [-0.3, -0.25) is 9.52 Å². The predicted molar refractivity (Wildman–Crippen MR) is 123 cm³/mol. The maximum atomic E-state index is 13.0. The average molecular weight is 454 g/mol. The molecular formula is C24H24FN3O3S. The van der Waals surface area contributed by atoms with E-state index in [-0.39, 0.29) is 10.8 Å². The first-order valence-electron chi connectivity index (χ1n) is 10.3. The summed E-state index contributed by atoms with van der Waals surface area (Å²) in [4.78, 5) is 16.9. The van der Waals surface area contributed by atoms with Crippen molar-refractivity contribution in [1.29, 1.82) is 0 Å². The van der Waals surface area contributed by atoms with Crippen LogP contribution in [0.2, 0.25) is 0 Å². The van der Waals surface area contributed by atoms with E-state index in [1.165, 1.54) is 17.7 Å². The molecule has 166 valence electrons. The molecule has 1 fully saturated rings. The lowest BCUT2D eigenvalue weighted by Crippen LogP contribution is -2.48. The summed E-state index contributed by atoms with van der Waals surface area (Å²) in [5.41, 5.74) is 3.19. The summed E-state index contributed by atoms with van der Waals surface area (Å²) in [5.74, 6) is -0.589. The van der Waals surface area contributed by atoms with Crippen molar-refractivity contribution in [1.82, 2.24) is 4.90 Å². The van der Waals surface area contributed by atoms with E-state index < -0.39 is 15.8 Å². The highest BCUT2D eigenvalue weighted by Crippen LogP contribution is 2.20. The molecule has 8 heteroatoms. The van der Waals surface area contributed by atoms with Crippen LogP contribution in [0, 0.1) is 12.7 Å². The predicted octanol–water partition coefficient (Wildman–Crippen LogP) is 3.90. The number of carbonyl (C=O) groups excluding carboxylic acids is 1. The van der Waals surface area contributed by atoms with Gasteiger partial charge >= 0.3 is 0 Å². The molecule has 0 spiro atoms. The van der Waals surface area contributed by atoms with Crippen molar-refractivity contribution in [3.8, 4) is 0 Å². The summed E-state index contributed by atoms with van der Waals surface area (Å²) in [7, 11) is -3.84. The van der Waals surface area contributed by atoms with Crippen LogP contribution in [-0.2, 0) is 10.0 Å². The topological polar surface area (TPSA) is 69.7 Å². The fraction of sp³-hybridized carbons (Fsp3) is 0.208. The summed E-state index contributed by atoms with van der Waals surface area (Å²) in [6, 6.07) is 19.2. The first-order chi connectivity index (χ1) is 15.3. The van der Waals surface area contributed by atoms with E-state index in [0.29, 0.717) is 24.3 Å². The molecule has 32 heavy (non-hydrogen) atoms. The molecule has 3 aromatic rings. The van der Waals surface area contributed by atoms with Crippen LogP contribution in [0.25, 0.3) is 0 Å². The van der Waals surface area contributed by atoms with E-state index in [9.17, 15) is 17.6 Å². The number of carbonyl (C=O) groups is 1. The third-order valence-corrected chi connectivity index (χ3v) is 6.84. The Morgan fingerprint density at radius 1 is 0.906 bits per heavy atom. The van der Waals surface area contributed by atoms with Crippen LogP contribution in [0.15, 0.2) is 77.7 Å². The van der Waals surface area contributed by atoms with Crippen molar-refractivity contribution in [2.45, 2.75) is 11.8 Å². The van der Waals surface area contributed by atoms with Gasteiger partial charge in [-0.2, -0.15) is 0 Å². The highest BCUT2D eigenvalue weighted by molar-refractivity contribution is 7.92. The Balaban J connectivity index is 1.38. The molecule has 1 aliphatic heterocycles. The maximum absolute atomic E-state index is 13.0. The quantitative estimate of drug-likeness (QED) is 0.636. The van der Waals surface area contributed by atoms with Gasteiger partial charge < -0.3 is 9.80 Å². The van der Waals surface area contributed by atoms with Crippen LogP contribution in [0.1, 0.15) is 15.9 Å². The van der Waals surface area contributed by atoms with E-state index in [1.807, 2.05) is 11.0 Å². The second-order valence-electron chi connectivity index (χ2n) is 7.76. The van der Waals surface area contributed by atoms with Crippen LogP contribution in [0.5, 0.6) is 0 Å². The molecule has 0 bridgehead atoms. The Morgan fingerprint density at radius 2 is 1.56 bits per heavy atom. The number of sulfonamides is 1. The normalized spacial score (nSPS) is 14.3. The Kier molecular flexibility index (Phi) is 6.14. The monoisotopic (exact) mass is 453 g/mol. The van der Waals surface area contributed by atoms with Crippen LogP contribution < -0.4 is 9.62 Å². The number of piperazine rings is 1. The van der Waals surface area contributed by atoms with Crippen molar-refractivity contribution >= 4 is 27.3 Å². The first kappa shape index (κ1) is 21.8. The van der Waals surface area contributed by atoms with Crippen molar-refractivity contribution < 1.29 is 17.6 Å². The summed E-state index contributed by atoms with van der Waals surface area (Å²) in [6.07, 6.45) is 0. The number of anilines is 2. The van der Waals surface area contributed by atoms with Gasteiger partial charge in [0.1, 0.15) is 5.82 Å². The minimum absolute atomic E-state index is 0.0365. The Morgan fingerprint density at radius 3 is 2.19 bits per heavy atom. The van der Waals surface area contributed by atoms with Gasteiger partial charge in [-0.15, -0.1) is 0 Å². The fourth-order valence-electron chi connectivity index (χ4n) is 3.68. The molecule has 3 aromatic carbocycles. The van der Waals surface area contributed by atoms with E-state index in [2.05, 4.69) is 34.7 Å². The standard InChI is InChI=1S/C24H24FN3O3S/c1-18-3-2-4-22(17-18)27-13-15-28(16-14-27)24(29)19-5-9-21(10-6-19)26-32(30,31)23-11-7-20(25)8-12-23/h2-12,17,26H,13-16H2,1H3. The molecule has 1 N–H and O–H groups in total. The van der Waals surface area contributed by atoms with Crippen molar-refractivity contribution in [3.63, 3.8) is 0 Å². The van der Waals surface area contributed by atoms with Gasteiger partial charge in [0.2, 0.25) is 0 Å². The number of benzene rings is 3. The zero-order chi connectivity index (χ0) is 22.7. The maximum Gasteiger partial charge on any atom is 0.261 e. The minimum atomic E-state index is -3.84. The third kappa shape index (κ3) is 4.91. The van der Waals surface area contributed by atoms with Crippen molar-refractivity contribution in [2.75, 3.05) is 35.8 Å². The zero-order valence-electron chi connectivity index (χ0n) is 17.7. The summed E-state index contributed by atoms with van der Waals surface area (Å²) in [5, 5.41) is 0. The summed E-state index contributed by atoms with van der Waals surface area (Å²) < 4.78 is 40.4. The average Bonchev–Trinajstić information content (AvgIpc) is 2.79. The summed E-state index contributed by atoms with van der Waals surface area (Å²) in [6.45, 7) is 4.81. The molecule has 0 aromatic heterocycles. The van der Waals surface area contributed by atoms with E-state index >= 15 is 0 Å². The van der Waals surface area contributed by atoms with Gasteiger partial charge in [0.05, 0.1) is 4.90 Å². The number of amides is 1. The molecule has 1 amide bonds. The van der Waals surface area contributed by atoms with Gasteiger partial charge in [0.15, 0.2) is 0 Å². The molecule has 1 heterocycles. The molecule has 0 radical (unpaired) electrons. The largest absolute Gasteiger partial charge is 0.368 e. The first-order valence-corrected chi connectivity index (χ1v) is 11.8. The lowest BCUT2D eigenvalue weighted by molar-refractivity contribution is 0.0747. The van der Waals surface area contributed by atoms with Gasteiger partial charge in [-0.05, 0) is 73.2 Å². The number of halogens is 1. The SMILES string of the molecule is Cc1cccc(N2CCN(C(=O)c3ccc(NS(=O)(=O)c4ccc(F)cc4)cc3)CC2)c1.